The Morgan fingerprint density at radius 2 is 2.05 bits per heavy atom. The lowest BCUT2D eigenvalue weighted by Gasteiger charge is -2.25. The first-order valence-corrected chi connectivity index (χ1v) is 7.03. The second-order valence-electron chi connectivity index (χ2n) is 5.80. The zero-order chi connectivity index (χ0) is 13.5. The standard InChI is InChI=1S/C18H21N/c1-4-11-18(3)12-10-15-14-8-6-7-9-16(14)19(13-5-2)17(15)18/h4-9H,1-2,10-13H2,3H3. The van der Waals surface area contributed by atoms with Gasteiger partial charge in [0.05, 0.1) is 0 Å². The Morgan fingerprint density at radius 3 is 2.79 bits per heavy atom. The Bertz CT molecular complexity index is 647. The molecule has 0 saturated carbocycles. The zero-order valence-electron chi connectivity index (χ0n) is 11.7. The molecule has 1 heteroatoms. The molecule has 3 rings (SSSR count). The van der Waals surface area contributed by atoms with Crippen LogP contribution in [-0.2, 0) is 18.4 Å². The van der Waals surface area contributed by atoms with Crippen molar-refractivity contribution in [3.63, 3.8) is 0 Å². The molecule has 0 fully saturated rings. The number of aromatic nitrogens is 1. The van der Waals surface area contributed by atoms with Crippen LogP contribution in [0.15, 0.2) is 49.6 Å². The van der Waals surface area contributed by atoms with Gasteiger partial charge in [-0.15, -0.1) is 13.2 Å². The number of para-hydroxylation sites is 1. The van der Waals surface area contributed by atoms with Gasteiger partial charge in [0.2, 0.25) is 0 Å². The largest absolute Gasteiger partial charge is 0.340 e. The minimum Gasteiger partial charge on any atom is -0.340 e. The molecule has 1 aromatic heterocycles. The topological polar surface area (TPSA) is 4.93 Å². The van der Waals surface area contributed by atoms with E-state index in [9.17, 15) is 0 Å². The third kappa shape index (κ3) is 1.68. The maximum Gasteiger partial charge on any atom is 0.0488 e. The average molecular weight is 251 g/mol. The number of hydrogen-bond donors (Lipinski definition) is 0. The molecule has 1 aromatic carbocycles. The highest BCUT2D eigenvalue weighted by atomic mass is 15.0. The lowest BCUT2D eigenvalue weighted by atomic mass is 9.84. The van der Waals surface area contributed by atoms with Gasteiger partial charge in [-0.2, -0.15) is 0 Å². The van der Waals surface area contributed by atoms with E-state index in [-0.39, 0.29) is 5.41 Å². The fourth-order valence-electron chi connectivity index (χ4n) is 3.67. The van der Waals surface area contributed by atoms with E-state index in [1.807, 2.05) is 6.08 Å². The molecule has 98 valence electrons. The lowest BCUT2D eigenvalue weighted by Crippen LogP contribution is -2.21. The van der Waals surface area contributed by atoms with Gasteiger partial charge >= 0.3 is 0 Å². The molecule has 0 N–H and O–H groups in total. The Labute approximate surface area is 115 Å². The van der Waals surface area contributed by atoms with Gasteiger partial charge in [0, 0.05) is 28.6 Å². The van der Waals surface area contributed by atoms with E-state index in [2.05, 4.69) is 55.0 Å². The van der Waals surface area contributed by atoms with E-state index >= 15 is 0 Å². The molecule has 1 heterocycles. The minimum atomic E-state index is 0.235. The first kappa shape index (κ1) is 12.3. The number of fused-ring (bicyclic) bond motifs is 3. The summed E-state index contributed by atoms with van der Waals surface area (Å²) >= 11 is 0. The Kier molecular flexibility index (Phi) is 2.85. The SMILES string of the molecule is C=CCn1c2c(c3ccccc31)CCC2(C)CC=C. The van der Waals surface area contributed by atoms with E-state index in [1.165, 1.54) is 29.4 Å². The van der Waals surface area contributed by atoms with Crippen molar-refractivity contribution >= 4 is 10.9 Å². The summed E-state index contributed by atoms with van der Waals surface area (Å²) in [5.74, 6) is 0. The minimum absolute atomic E-state index is 0.235. The van der Waals surface area contributed by atoms with Crippen molar-refractivity contribution in [3.8, 4) is 0 Å². The maximum atomic E-state index is 3.94. The van der Waals surface area contributed by atoms with Gasteiger partial charge in [-0.05, 0) is 30.9 Å². The van der Waals surface area contributed by atoms with Gasteiger partial charge < -0.3 is 4.57 Å². The number of allylic oxidation sites excluding steroid dienone is 2. The average Bonchev–Trinajstić information content (AvgIpc) is 2.90. The molecule has 0 amide bonds. The molecule has 2 aromatic rings. The van der Waals surface area contributed by atoms with Crippen LogP contribution in [0.25, 0.3) is 10.9 Å². The van der Waals surface area contributed by atoms with Crippen molar-refractivity contribution in [2.45, 2.75) is 38.1 Å². The normalized spacial score (nSPS) is 21.5. The summed E-state index contributed by atoms with van der Waals surface area (Å²) in [6.45, 7) is 11.1. The second kappa shape index (κ2) is 4.41. The van der Waals surface area contributed by atoms with Gasteiger partial charge in [-0.1, -0.05) is 37.3 Å². The van der Waals surface area contributed by atoms with Crippen LogP contribution in [0.3, 0.4) is 0 Å². The maximum absolute atomic E-state index is 3.94. The van der Waals surface area contributed by atoms with Crippen LogP contribution in [0, 0.1) is 0 Å². The third-order valence-corrected chi connectivity index (χ3v) is 4.48. The molecular formula is C18H21N. The fourth-order valence-corrected chi connectivity index (χ4v) is 3.67. The molecule has 1 aliphatic rings. The molecule has 1 atom stereocenters. The predicted molar refractivity (Wildman–Crippen MR) is 82.6 cm³/mol. The van der Waals surface area contributed by atoms with Crippen molar-refractivity contribution in [3.05, 3.63) is 60.8 Å². The van der Waals surface area contributed by atoms with Crippen molar-refractivity contribution in [2.24, 2.45) is 0 Å². The zero-order valence-corrected chi connectivity index (χ0v) is 11.7. The van der Waals surface area contributed by atoms with Gasteiger partial charge in [0.1, 0.15) is 0 Å². The molecule has 0 radical (unpaired) electrons. The molecule has 0 bridgehead atoms. The molecule has 1 unspecified atom stereocenters. The highest BCUT2D eigenvalue weighted by molar-refractivity contribution is 5.87. The van der Waals surface area contributed by atoms with E-state index in [1.54, 1.807) is 5.56 Å². The smallest absolute Gasteiger partial charge is 0.0488 e. The molecule has 0 aliphatic heterocycles. The number of hydrogen-bond acceptors (Lipinski definition) is 0. The van der Waals surface area contributed by atoms with Crippen LogP contribution in [-0.4, -0.2) is 4.57 Å². The number of nitrogens with zero attached hydrogens (tertiary/aromatic N) is 1. The first-order valence-electron chi connectivity index (χ1n) is 7.03. The van der Waals surface area contributed by atoms with Gasteiger partial charge in [0.25, 0.3) is 0 Å². The Morgan fingerprint density at radius 1 is 1.26 bits per heavy atom. The van der Waals surface area contributed by atoms with E-state index in [0.717, 1.165) is 13.0 Å². The third-order valence-electron chi connectivity index (χ3n) is 4.48. The number of aryl methyl sites for hydroxylation is 1. The summed E-state index contributed by atoms with van der Waals surface area (Å²) in [6, 6.07) is 8.75. The molecule has 1 aliphatic carbocycles. The van der Waals surface area contributed by atoms with Crippen LogP contribution in [0.5, 0.6) is 0 Å². The summed E-state index contributed by atoms with van der Waals surface area (Å²) < 4.78 is 2.45. The summed E-state index contributed by atoms with van der Waals surface area (Å²) in [4.78, 5) is 0. The van der Waals surface area contributed by atoms with E-state index in [0.29, 0.717) is 0 Å². The molecule has 19 heavy (non-hydrogen) atoms. The summed E-state index contributed by atoms with van der Waals surface area (Å²) in [7, 11) is 0. The van der Waals surface area contributed by atoms with Crippen LogP contribution >= 0.6 is 0 Å². The number of benzene rings is 1. The highest BCUT2D eigenvalue weighted by Gasteiger charge is 2.38. The first-order chi connectivity index (χ1) is 9.21. The Hall–Kier alpha value is -1.76. The Balaban J connectivity index is 2.31. The molecule has 1 nitrogen and oxygen atoms in total. The van der Waals surface area contributed by atoms with Gasteiger partial charge in [-0.3, -0.25) is 0 Å². The molecule has 0 spiro atoms. The van der Waals surface area contributed by atoms with Crippen LogP contribution in [0.2, 0.25) is 0 Å². The van der Waals surface area contributed by atoms with E-state index in [4.69, 9.17) is 0 Å². The van der Waals surface area contributed by atoms with Crippen LogP contribution in [0.4, 0.5) is 0 Å². The highest BCUT2D eigenvalue weighted by Crippen LogP contribution is 2.46. The van der Waals surface area contributed by atoms with Crippen LogP contribution in [0.1, 0.15) is 31.0 Å². The lowest BCUT2D eigenvalue weighted by molar-refractivity contribution is 0.448. The van der Waals surface area contributed by atoms with Crippen molar-refractivity contribution in [2.75, 3.05) is 0 Å². The quantitative estimate of drug-likeness (QED) is 0.699. The predicted octanol–water partition coefficient (Wildman–Crippen LogP) is 4.61. The molecular weight excluding hydrogens is 230 g/mol. The van der Waals surface area contributed by atoms with Crippen LogP contribution < -0.4 is 0 Å². The summed E-state index contributed by atoms with van der Waals surface area (Å²) in [5.41, 5.74) is 4.64. The number of rotatable bonds is 4. The second-order valence-corrected chi connectivity index (χ2v) is 5.80. The molecule has 0 saturated heterocycles. The monoisotopic (exact) mass is 251 g/mol. The van der Waals surface area contributed by atoms with Gasteiger partial charge in [0.15, 0.2) is 0 Å². The van der Waals surface area contributed by atoms with Gasteiger partial charge in [-0.25, -0.2) is 0 Å². The summed E-state index contributed by atoms with van der Waals surface area (Å²) in [5, 5.41) is 1.42. The van der Waals surface area contributed by atoms with Crippen molar-refractivity contribution in [1.82, 2.24) is 4.57 Å². The summed E-state index contributed by atoms with van der Waals surface area (Å²) in [6.07, 6.45) is 7.52. The van der Waals surface area contributed by atoms with Crippen molar-refractivity contribution in [1.29, 1.82) is 0 Å². The van der Waals surface area contributed by atoms with E-state index < -0.39 is 0 Å². The fraction of sp³-hybridized carbons (Fsp3) is 0.333. The van der Waals surface area contributed by atoms with Crippen molar-refractivity contribution < 1.29 is 0 Å².